The number of fused-ring (bicyclic) bond motifs is 7. The molecule has 0 saturated carbocycles. The van der Waals surface area contributed by atoms with Gasteiger partial charge in [-0.25, -0.2) is 0 Å². The summed E-state index contributed by atoms with van der Waals surface area (Å²) >= 11 is 6.55. The average molecular weight is 771 g/mol. The number of rotatable bonds is 9. The number of nitrogens with zero attached hydrogens (tertiary/aromatic N) is 3. The Labute approximate surface area is 329 Å². The molecule has 0 saturated heterocycles. The van der Waals surface area contributed by atoms with E-state index in [2.05, 4.69) is 82.7 Å². The molecule has 268 valence electrons. The van der Waals surface area contributed by atoms with Crippen LogP contribution in [0.5, 0.6) is 0 Å². The number of benzene rings is 7. The minimum atomic E-state index is -1.30. The van der Waals surface area contributed by atoms with Crippen molar-refractivity contribution in [3.63, 3.8) is 0 Å². The number of aliphatic imine (C=N–C) groups is 2. The smallest absolute Gasteiger partial charge is 0.861 e. The molecular weight excluding hydrogens is 737 g/mol. The fraction of sp³-hybridized carbons (Fsp3) is 0.109. The Morgan fingerprint density at radius 3 is 1.83 bits per heavy atom. The number of carboxylic acids is 1. The molecule has 0 N–H and O–H groups in total. The molecule has 8 heteroatoms. The Hall–Kier alpha value is -5.59. The average Bonchev–Trinajstić information content (AvgIpc) is 3.34. The first-order valence-corrected chi connectivity index (χ1v) is 18.0. The Morgan fingerprint density at radius 1 is 0.685 bits per heavy atom. The first-order chi connectivity index (χ1) is 25.9. The Morgan fingerprint density at radius 2 is 1.24 bits per heavy atom. The van der Waals surface area contributed by atoms with Crippen molar-refractivity contribution in [1.29, 1.82) is 0 Å². The number of hydrogen-bond acceptors (Lipinski definition) is 6. The van der Waals surface area contributed by atoms with Gasteiger partial charge in [-0.15, -0.1) is 0 Å². The molecule has 0 aliphatic carbocycles. The first-order valence-electron chi connectivity index (χ1n) is 17.6. The molecule has 1 heterocycles. The van der Waals surface area contributed by atoms with Gasteiger partial charge in [0.05, 0.1) is 23.4 Å². The third-order valence-corrected chi connectivity index (χ3v) is 10.00. The van der Waals surface area contributed by atoms with Gasteiger partial charge >= 0.3 is 16.5 Å². The van der Waals surface area contributed by atoms with Crippen LogP contribution in [0.25, 0.3) is 32.7 Å². The molecule has 0 amide bonds. The van der Waals surface area contributed by atoms with Gasteiger partial charge in [0.15, 0.2) is 0 Å². The standard InChI is InChI=1S/C46H36ClN3O3.Ni/c47-36-23-24-40(39(26-36)45(33-15-5-2-6-16-33)49-41(46(52)53)25-30-11-3-1-4-12-30)48-42(51)29-50-27-34-21-19-31-13-7-9-17-37(31)43(34)44-35(28-50)22-20-32-14-8-10-18-38(32)44;/h1-24,26,41H,25,27-29H2,(H,48,51)(H,52,53);/q;+2/p-2/t41-;/m1./s1. The molecule has 0 unspecified atom stereocenters. The van der Waals surface area contributed by atoms with Gasteiger partial charge in [0, 0.05) is 42.2 Å². The van der Waals surface area contributed by atoms with Gasteiger partial charge in [-0.2, -0.15) is 0 Å². The summed E-state index contributed by atoms with van der Waals surface area (Å²) < 4.78 is 0. The largest absolute Gasteiger partial charge is 2.00 e. The quantitative estimate of drug-likeness (QED) is 0.0848. The summed E-state index contributed by atoms with van der Waals surface area (Å²) in [5.41, 5.74) is 7.33. The second-order valence-electron chi connectivity index (χ2n) is 13.3. The van der Waals surface area contributed by atoms with E-state index in [4.69, 9.17) is 16.6 Å². The summed E-state index contributed by atoms with van der Waals surface area (Å²) in [5, 5.41) is 31.6. The van der Waals surface area contributed by atoms with E-state index in [1.54, 1.807) is 18.2 Å². The van der Waals surface area contributed by atoms with E-state index in [1.807, 2.05) is 60.7 Å². The van der Waals surface area contributed by atoms with Crippen LogP contribution in [0.3, 0.4) is 0 Å². The van der Waals surface area contributed by atoms with E-state index in [9.17, 15) is 15.0 Å². The van der Waals surface area contributed by atoms with Crippen LogP contribution >= 0.6 is 11.6 Å². The van der Waals surface area contributed by atoms with Crippen molar-refractivity contribution >= 4 is 56.4 Å². The second kappa shape index (κ2) is 16.2. The van der Waals surface area contributed by atoms with Gasteiger partial charge in [-0.1, -0.05) is 145 Å². The number of carbonyl (C=O) groups is 1. The molecule has 1 aliphatic rings. The van der Waals surface area contributed by atoms with Crippen LogP contribution in [0.4, 0.5) is 5.69 Å². The molecule has 1 aliphatic heterocycles. The first kappa shape index (κ1) is 36.8. The van der Waals surface area contributed by atoms with Gasteiger partial charge in [-0.05, 0) is 73.5 Å². The molecule has 6 nitrogen and oxygen atoms in total. The van der Waals surface area contributed by atoms with Crippen molar-refractivity contribution in [1.82, 2.24) is 4.90 Å². The molecule has 0 bridgehead atoms. The zero-order valence-electron chi connectivity index (χ0n) is 29.1. The van der Waals surface area contributed by atoms with Crippen LogP contribution in [0.2, 0.25) is 5.02 Å². The second-order valence-corrected chi connectivity index (χ2v) is 13.8. The van der Waals surface area contributed by atoms with Crippen molar-refractivity contribution in [2.24, 2.45) is 9.98 Å². The molecule has 0 fully saturated rings. The maximum atomic E-state index is 14.0. The molecule has 7 aromatic carbocycles. The molecule has 7 aromatic rings. The van der Waals surface area contributed by atoms with Crippen molar-refractivity contribution in [2.45, 2.75) is 25.6 Å². The van der Waals surface area contributed by atoms with Crippen LogP contribution in [-0.4, -0.2) is 35.1 Å². The van der Waals surface area contributed by atoms with Gasteiger partial charge in [0.1, 0.15) is 0 Å². The summed E-state index contributed by atoms with van der Waals surface area (Å²) in [6.45, 7) is 1.18. The van der Waals surface area contributed by atoms with Crippen molar-refractivity contribution in [3.05, 3.63) is 184 Å². The Bertz CT molecular complexity index is 2450. The summed E-state index contributed by atoms with van der Waals surface area (Å²) in [6.07, 6.45) is 0.133. The number of carboxylic acid groups (broad SMARTS) is 1. The van der Waals surface area contributed by atoms with E-state index < -0.39 is 12.0 Å². The molecule has 1 atom stereocenters. The SMILES string of the molecule is O=C([O-])[C@@H](Cc1ccccc1)N=C(c1ccccc1)c1cc(Cl)ccc1N=C([O-])CN1Cc2ccc3ccccc3c2-c2c(ccc3ccccc23)C1.[Ni+2]. The fourth-order valence-electron chi connectivity index (χ4n) is 7.36. The topological polar surface area (TPSA) is 91.1 Å². The van der Waals surface area contributed by atoms with Gasteiger partial charge in [0.25, 0.3) is 0 Å². The van der Waals surface area contributed by atoms with Gasteiger partial charge in [0.2, 0.25) is 0 Å². The maximum absolute atomic E-state index is 14.0. The van der Waals surface area contributed by atoms with Crippen molar-refractivity contribution in [2.75, 3.05) is 6.54 Å². The zero-order chi connectivity index (χ0) is 36.3. The number of hydrogen-bond donors (Lipinski definition) is 0. The summed E-state index contributed by atoms with van der Waals surface area (Å²) in [6, 6.07) is 48.0. The van der Waals surface area contributed by atoms with E-state index in [-0.39, 0.29) is 35.4 Å². The zero-order valence-corrected chi connectivity index (χ0v) is 30.8. The molecular formula is C46H34ClN3NiO3. The number of halogens is 1. The van der Waals surface area contributed by atoms with Crippen LogP contribution in [0.15, 0.2) is 162 Å². The van der Waals surface area contributed by atoms with Crippen LogP contribution < -0.4 is 10.2 Å². The predicted molar refractivity (Wildman–Crippen MR) is 211 cm³/mol. The molecule has 54 heavy (non-hydrogen) atoms. The van der Waals surface area contributed by atoms with Gasteiger partial charge in [-0.3, -0.25) is 14.9 Å². The summed E-state index contributed by atoms with van der Waals surface area (Å²) in [5.74, 6) is -1.64. The van der Waals surface area contributed by atoms with Crippen LogP contribution in [0.1, 0.15) is 27.8 Å². The fourth-order valence-corrected chi connectivity index (χ4v) is 7.54. The van der Waals surface area contributed by atoms with Crippen molar-refractivity contribution in [3.8, 4) is 11.1 Å². The minimum absolute atomic E-state index is 0. The van der Waals surface area contributed by atoms with Gasteiger partial charge < -0.3 is 15.0 Å². The van der Waals surface area contributed by atoms with E-state index in [1.165, 1.54) is 32.7 Å². The van der Waals surface area contributed by atoms with E-state index in [0.29, 0.717) is 40.6 Å². The predicted octanol–water partition coefficient (Wildman–Crippen LogP) is 7.92. The van der Waals surface area contributed by atoms with Crippen LogP contribution in [-0.2, 0) is 40.8 Å². The maximum Gasteiger partial charge on any atom is 2.00 e. The Kier molecular flexibility index (Phi) is 11.0. The molecule has 8 rings (SSSR count). The molecule has 0 radical (unpaired) electrons. The monoisotopic (exact) mass is 769 g/mol. The molecule has 0 spiro atoms. The minimum Gasteiger partial charge on any atom is -0.861 e. The number of carbonyl (C=O) groups excluding carboxylic acids is 1. The molecule has 0 aromatic heterocycles. The summed E-state index contributed by atoms with van der Waals surface area (Å²) in [4.78, 5) is 24.0. The van der Waals surface area contributed by atoms with Crippen LogP contribution in [0, 0.1) is 0 Å². The summed E-state index contributed by atoms with van der Waals surface area (Å²) in [7, 11) is 0. The van der Waals surface area contributed by atoms with E-state index >= 15 is 0 Å². The number of aliphatic carboxylic acids is 1. The third kappa shape index (κ3) is 7.71. The van der Waals surface area contributed by atoms with E-state index in [0.717, 1.165) is 16.7 Å². The normalized spacial score (nSPS) is 13.8. The van der Waals surface area contributed by atoms with Crippen molar-refractivity contribution < 1.29 is 31.5 Å². The Balaban J connectivity index is 0.00000450. The third-order valence-electron chi connectivity index (χ3n) is 9.76.